The van der Waals surface area contributed by atoms with Crippen molar-refractivity contribution in [1.82, 2.24) is 0 Å². The molecule has 1 N–H and O–H groups in total. The van der Waals surface area contributed by atoms with E-state index in [1.807, 2.05) is 0 Å². The van der Waals surface area contributed by atoms with Crippen molar-refractivity contribution >= 4 is 0 Å². The predicted octanol–water partition coefficient (Wildman–Crippen LogP) is 5.99. The molecule has 0 aromatic rings. The monoisotopic (exact) mass is 310 g/mol. The van der Waals surface area contributed by atoms with Crippen molar-refractivity contribution in [3.63, 3.8) is 0 Å². The maximum absolute atomic E-state index is 9.91. The molecule has 1 heterocycles. The first-order valence-electron chi connectivity index (χ1n) is 9.45. The van der Waals surface area contributed by atoms with E-state index >= 15 is 0 Å². The zero-order valence-electron chi connectivity index (χ0n) is 15.4. The standard InChI is InChI=1S/C20H38O2/c1-5-6-7-8-9-10-11-14-18-20(4,16-19(21)22-18)15-12-13-17(2)3/h13,18-19,21H,5-12,14-16H2,1-4H3/t18-,19?,20+/m1/s1. The molecule has 2 nitrogen and oxygen atoms in total. The Labute approximate surface area is 138 Å². The van der Waals surface area contributed by atoms with Crippen LogP contribution in [-0.2, 0) is 4.74 Å². The molecule has 0 bridgehead atoms. The molecule has 0 saturated carbocycles. The fourth-order valence-electron chi connectivity index (χ4n) is 3.59. The van der Waals surface area contributed by atoms with E-state index in [1.165, 1.54) is 50.5 Å². The molecule has 0 aromatic carbocycles. The van der Waals surface area contributed by atoms with E-state index in [-0.39, 0.29) is 11.5 Å². The molecular formula is C20H38O2. The van der Waals surface area contributed by atoms with Gasteiger partial charge in [0.25, 0.3) is 0 Å². The minimum Gasteiger partial charge on any atom is -0.368 e. The molecule has 0 aromatic heterocycles. The molecule has 22 heavy (non-hydrogen) atoms. The Morgan fingerprint density at radius 2 is 1.77 bits per heavy atom. The average Bonchev–Trinajstić information content (AvgIpc) is 2.72. The van der Waals surface area contributed by atoms with Gasteiger partial charge >= 0.3 is 0 Å². The van der Waals surface area contributed by atoms with Crippen molar-refractivity contribution in [2.75, 3.05) is 0 Å². The first-order chi connectivity index (χ1) is 10.5. The summed E-state index contributed by atoms with van der Waals surface area (Å²) in [5.41, 5.74) is 1.53. The Morgan fingerprint density at radius 1 is 1.14 bits per heavy atom. The Morgan fingerprint density at radius 3 is 2.41 bits per heavy atom. The molecule has 3 atom stereocenters. The van der Waals surface area contributed by atoms with Crippen molar-refractivity contribution in [1.29, 1.82) is 0 Å². The maximum atomic E-state index is 9.91. The second-order valence-corrected chi connectivity index (χ2v) is 7.67. The summed E-state index contributed by atoms with van der Waals surface area (Å²) in [5.74, 6) is 0. The number of aliphatic hydroxyl groups excluding tert-OH is 1. The Balaban J connectivity index is 2.28. The molecule has 0 spiro atoms. The van der Waals surface area contributed by atoms with Crippen molar-refractivity contribution in [2.24, 2.45) is 5.41 Å². The average molecular weight is 311 g/mol. The summed E-state index contributed by atoms with van der Waals surface area (Å²) in [6.07, 6.45) is 15.5. The lowest BCUT2D eigenvalue weighted by Crippen LogP contribution is -2.27. The summed E-state index contributed by atoms with van der Waals surface area (Å²) in [5, 5.41) is 9.91. The SMILES string of the molecule is CCCCCCCCC[C@H]1OC(O)C[C@]1(C)CCC=C(C)C. The van der Waals surface area contributed by atoms with Crippen LogP contribution in [0.3, 0.4) is 0 Å². The lowest BCUT2D eigenvalue weighted by atomic mass is 9.77. The molecule has 1 aliphatic heterocycles. The summed E-state index contributed by atoms with van der Waals surface area (Å²) >= 11 is 0. The third-order valence-electron chi connectivity index (χ3n) is 5.08. The molecule has 130 valence electrons. The summed E-state index contributed by atoms with van der Waals surface area (Å²) < 4.78 is 5.81. The molecular weight excluding hydrogens is 272 g/mol. The Hall–Kier alpha value is -0.340. The zero-order valence-corrected chi connectivity index (χ0v) is 15.4. The van der Waals surface area contributed by atoms with Crippen LogP contribution in [-0.4, -0.2) is 17.5 Å². The van der Waals surface area contributed by atoms with E-state index in [4.69, 9.17) is 4.74 Å². The van der Waals surface area contributed by atoms with Crippen molar-refractivity contribution < 1.29 is 9.84 Å². The summed E-state index contributed by atoms with van der Waals surface area (Å²) in [7, 11) is 0. The number of ether oxygens (including phenoxy) is 1. The van der Waals surface area contributed by atoms with Crippen molar-refractivity contribution in [2.45, 2.75) is 111 Å². The minimum absolute atomic E-state index is 0.146. The van der Waals surface area contributed by atoms with E-state index < -0.39 is 6.29 Å². The Kier molecular flexibility index (Phi) is 9.35. The van der Waals surface area contributed by atoms with Gasteiger partial charge in [-0.15, -0.1) is 0 Å². The van der Waals surface area contributed by atoms with Gasteiger partial charge in [-0.05, 0) is 38.5 Å². The first kappa shape index (κ1) is 19.7. The van der Waals surface area contributed by atoms with Gasteiger partial charge in [0, 0.05) is 6.42 Å². The third-order valence-corrected chi connectivity index (χ3v) is 5.08. The number of aliphatic hydroxyl groups is 1. The number of allylic oxidation sites excluding steroid dienone is 2. The molecule has 0 aliphatic carbocycles. The topological polar surface area (TPSA) is 29.5 Å². The number of unbranched alkanes of at least 4 members (excludes halogenated alkanes) is 6. The normalized spacial score (nSPS) is 28.0. The van der Waals surface area contributed by atoms with Gasteiger partial charge in [0.1, 0.15) is 0 Å². The van der Waals surface area contributed by atoms with Gasteiger partial charge in [0.2, 0.25) is 0 Å². The van der Waals surface area contributed by atoms with E-state index in [0.29, 0.717) is 0 Å². The molecule has 1 aliphatic rings. The molecule has 1 saturated heterocycles. The maximum Gasteiger partial charge on any atom is 0.155 e. The van der Waals surface area contributed by atoms with E-state index in [9.17, 15) is 5.11 Å². The van der Waals surface area contributed by atoms with Crippen LogP contribution in [0.2, 0.25) is 0 Å². The van der Waals surface area contributed by atoms with Gasteiger partial charge in [0.05, 0.1) is 6.10 Å². The second-order valence-electron chi connectivity index (χ2n) is 7.67. The summed E-state index contributed by atoms with van der Waals surface area (Å²) in [6.45, 7) is 8.86. The van der Waals surface area contributed by atoms with Gasteiger partial charge < -0.3 is 9.84 Å². The molecule has 0 amide bonds. The lowest BCUT2D eigenvalue weighted by Gasteiger charge is -2.29. The van der Waals surface area contributed by atoms with Crippen LogP contribution >= 0.6 is 0 Å². The fraction of sp³-hybridized carbons (Fsp3) is 0.900. The zero-order chi connectivity index (χ0) is 16.4. The molecule has 0 radical (unpaired) electrons. The van der Waals surface area contributed by atoms with Crippen LogP contribution in [0.25, 0.3) is 0 Å². The quantitative estimate of drug-likeness (QED) is 0.375. The van der Waals surface area contributed by atoms with E-state index in [0.717, 1.165) is 25.7 Å². The Bertz CT molecular complexity index is 320. The predicted molar refractivity (Wildman–Crippen MR) is 94.9 cm³/mol. The van der Waals surface area contributed by atoms with Crippen LogP contribution in [0.15, 0.2) is 11.6 Å². The van der Waals surface area contributed by atoms with Gasteiger partial charge in [-0.25, -0.2) is 0 Å². The van der Waals surface area contributed by atoms with E-state index in [2.05, 4.69) is 33.8 Å². The van der Waals surface area contributed by atoms with Crippen LogP contribution in [0.4, 0.5) is 0 Å². The van der Waals surface area contributed by atoms with Crippen molar-refractivity contribution in [3.8, 4) is 0 Å². The molecule has 2 heteroatoms. The molecule has 1 rings (SSSR count). The van der Waals surface area contributed by atoms with Crippen LogP contribution in [0.1, 0.15) is 98.3 Å². The highest BCUT2D eigenvalue weighted by Crippen LogP contribution is 2.43. The highest BCUT2D eigenvalue weighted by Gasteiger charge is 2.43. The number of hydrogen-bond acceptors (Lipinski definition) is 2. The largest absolute Gasteiger partial charge is 0.368 e. The third kappa shape index (κ3) is 7.28. The number of rotatable bonds is 11. The number of hydrogen-bond donors (Lipinski definition) is 1. The van der Waals surface area contributed by atoms with Gasteiger partial charge in [0.15, 0.2) is 6.29 Å². The molecule has 1 unspecified atom stereocenters. The molecule has 1 fully saturated rings. The van der Waals surface area contributed by atoms with Gasteiger partial charge in [-0.1, -0.05) is 70.4 Å². The smallest absolute Gasteiger partial charge is 0.155 e. The summed E-state index contributed by atoms with van der Waals surface area (Å²) in [4.78, 5) is 0. The van der Waals surface area contributed by atoms with Crippen molar-refractivity contribution in [3.05, 3.63) is 11.6 Å². The highest BCUT2D eigenvalue weighted by molar-refractivity contribution is 4.96. The highest BCUT2D eigenvalue weighted by atomic mass is 16.6. The second kappa shape index (κ2) is 10.4. The minimum atomic E-state index is -0.550. The summed E-state index contributed by atoms with van der Waals surface area (Å²) in [6, 6.07) is 0. The van der Waals surface area contributed by atoms with Gasteiger partial charge in [-0.2, -0.15) is 0 Å². The van der Waals surface area contributed by atoms with Crippen LogP contribution in [0.5, 0.6) is 0 Å². The van der Waals surface area contributed by atoms with Crippen LogP contribution in [0, 0.1) is 5.41 Å². The first-order valence-corrected chi connectivity index (χ1v) is 9.45. The van der Waals surface area contributed by atoms with Gasteiger partial charge in [-0.3, -0.25) is 0 Å². The van der Waals surface area contributed by atoms with E-state index in [1.54, 1.807) is 0 Å². The lowest BCUT2D eigenvalue weighted by molar-refractivity contribution is -0.0978. The van der Waals surface area contributed by atoms with Crippen LogP contribution < -0.4 is 0 Å². The fourth-order valence-corrected chi connectivity index (χ4v) is 3.59.